The van der Waals surface area contributed by atoms with Crippen LogP contribution in [0.3, 0.4) is 0 Å². The molecule has 0 atom stereocenters. The van der Waals surface area contributed by atoms with Crippen molar-refractivity contribution in [3.05, 3.63) is 154 Å². The number of imidazole rings is 4. The number of hydrogen-bond acceptors (Lipinski definition) is 10. The number of fused-ring (bicyclic) bond motifs is 4. The highest BCUT2D eigenvalue weighted by Gasteiger charge is 2.15. The van der Waals surface area contributed by atoms with Crippen molar-refractivity contribution in [3.63, 3.8) is 0 Å². The Labute approximate surface area is 300 Å². The number of halogens is 2. The van der Waals surface area contributed by atoms with E-state index in [9.17, 15) is 18.4 Å². The Balaban J connectivity index is 0.000000142. The number of aromatic nitrogens is 14. The smallest absolute Gasteiger partial charge is 0.303 e. The van der Waals surface area contributed by atoms with E-state index in [0.717, 1.165) is 11.1 Å². The maximum Gasteiger partial charge on any atom is 0.328 e. The molecule has 16 nitrogen and oxygen atoms in total. The van der Waals surface area contributed by atoms with Gasteiger partial charge in [0, 0.05) is 36.9 Å². The summed E-state index contributed by atoms with van der Waals surface area (Å²) in [6, 6.07) is 16.0. The quantitative estimate of drug-likeness (QED) is 0.253. The maximum atomic E-state index is 13.6. The van der Waals surface area contributed by atoms with E-state index in [1.165, 1.54) is 52.3 Å². The van der Waals surface area contributed by atoms with Crippen molar-refractivity contribution in [3.8, 4) is 11.9 Å². The summed E-state index contributed by atoms with van der Waals surface area (Å²) in [5.41, 5.74) is 5.50. The van der Waals surface area contributed by atoms with Gasteiger partial charge in [0.05, 0.1) is 47.6 Å². The minimum atomic E-state index is -0.375. The fourth-order valence-electron chi connectivity index (χ4n) is 6.03. The van der Waals surface area contributed by atoms with Crippen LogP contribution in [-0.2, 0) is 13.1 Å². The molecule has 0 aliphatic carbocycles. The summed E-state index contributed by atoms with van der Waals surface area (Å²) in [6.07, 6.45) is 12.9. The first-order chi connectivity index (χ1) is 26.4. The third kappa shape index (κ3) is 5.92. The van der Waals surface area contributed by atoms with Gasteiger partial charge in [-0.25, -0.2) is 38.3 Å². The summed E-state index contributed by atoms with van der Waals surface area (Å²) in [5.74, 6) is -0.0920. The molecule has 0 spiro atoms. The number of nitrogens with one attached hydrogen (secondary N) is 2. The summed E-state index contributed by atoms with van der Waals surface area (Å²) >= 11 is 0. The summed E-state index contributed by atoms with van der Waals surface area (Å²) in [6.45, 7) is 0.654. The minimum Gasteiger partial charge on any atom is -0.303 e. The molecule has 0 fully saturated rings. The van der Waals surface area contributed by atoms with E-state index in [4.69, 9.17) is 0 Å². The number of rotatable bonds is 6. The van der Waals surface area contributed by atoms with Crippen molar-refractivity contribution in [1.29, 1.82) is 0 Å². The lowest BCUT2D eigenvalue weighted by atomic mass is 10.3. The fourth-order valence-corrected chi connectivity index (χ4v) is 6.03. The van der Waals surface area contributed by atoms with E-state index < -0.39 is 0 Å². The van der Waals surface area contributed by atoms with Crippen molar-refractivity contribution in [2.24, 2.45) is 0 Å². The second kappa shape index (κ2) is 13.1. The third-order valence-electron chi connectivity index (χ3n) is 8.57. The summed E-state index contributed by atoms with van der Waals surface area (Å²) in [7, 11) is 0. The zero-order valence-electron chi connectivity index (χ0n) is 27.7. The molecule has 0 bridgehead atoms. The van der Waals surface area contributed by atoms with Crippen LogP contribution in [0.25, 0.3) is 56.3 Å². The molecule has 2 N–H and O–H groups in total. The number of H-pyrrole nitrogens is 2. The molecule has 0 saturated carbocycles. The molecule has 0 unspecified atom stereocenters. The highest BCUT2D eigenvalue weighted by molar-refractivity contribution is 5.78. The average molecular weight is 723 g/mol. The van der Waals surface area contributed by atoms with Crippen LogP contribution in [0.15, 0.2) is 120 Å². The number of nitrogens with zero attached hydrogens (tertiary/aromatic N) is 12. The highest BCUT2D eigenvalue weighted by Crippen LogP contribution is 2.20. The number of aromatic amines is 2. The minimum absolute atomic E-state index is 0.280. The first kappa shape index (κ1) is 32.2. The van der Waals surface area contributed by atoms with Crippen molar-refractivity contribution in [2.45, 2.75) is 13.1 Å². The predicted molar refractivity (Wildman–Crippen MR) is 192 cm³/mol. The molecule has 0 aliphatic heterocycles. The molecule has 10 aromatic rings. The molecule has 10 rings (SSSR count). The SMILES string of the molecule is O=c1[nH]c2cnc(-n3cnc4cc(F)ccc43)nc2n1Cc1cccnc1.O=c1[nH]c2cnc(-n3cnc4ccc(F)cc43)nc2n1Cc1cccnc1. The van der Waals surface area contributed by atoms with Crippen LogP contribution in [0.1, 0.15) is 11.1 Å². The second-order valence-electron chi connectivity index (χ2n) is 12.1. The lowest BCUT2D eigenvalue weighted by molar-refractivity contribution is 0.628. The largest absolute Gasteiger partial charge is 0.328 e. The molecule has 2 aromatic carbocycles. The Bertz CT molecular complexity index is 3090. The first-order valence-corrected chi connectivity index (χ1v) is 16.3. The second-order valence-corrected chi connectivity index (χ2v) is 12.1. The monoisotopic (exact) mass is 722 g/mol. The van der Waals surface area contributed by atoms with Gasteiger partial charge in [-0.1, -0.05) is 12.1 Å². The standard InChI is InChI=1S/2C18H12FN7O/c19-12-3-4-15-13(6-12)22-10-26(15)17-21-8-14-16(24-17)25(18(27)23-14)9-11-2-1-5-20-7-11;19-12-3-4-13-15(6-12)26(10-22-13)17-21-8-14-16(24-17)25(18(27)23-14)9-11-2-1-5-20-7-11/h2*1-8,10H,9H2,(H,23,27). The maximum absolute atomic E-state index is 13.6. The first-order valence-electron chi connectivity index (χ1n) is 16.3. The Hall–Kier alpha value is -7.76. The van der Waals surface area contributed by atoms with Crippen LogP contribution >= 0.6 is 0 Å². The molecule has 18 heteroatoms. The highest BCUT2D eigenvalue weighted by atomic mass is 19.1. The van der Waals surface area contributed by atoms with Crippen LogP contribution in [0.4, 0.5) is 8.78 Å². The van der Waals surface area contributed by atoms with E-state index in [0.29, 0.717) is 69.4 Å². The van der Waals surface area contributed by atoms with E-state index >= 15 is 0 Å². The number of pyridine rings is 2. The van der Waals surface area contributed by atoms with Gasteiger partial charge in [0.25, 0.3) is 0 Å². The molecule has 264 valence electrons. The van der Waals surface area contributed by atoms with Gasteiger partial charge in [-0.3, -0.25) is 28.2 Å². The Morgan fingerprint density at radius 2 is 1.11 bits per heavy atom. The Morgan fingerprint density at radius 1 is 0.574 bits per heavy atom. The molecule has 0 saturated heterocycles. The summed E-state index contributed by atoms with van der Waals surface area (Å²) < 4.78 is 33.3. The predicted octanol–water partition coefficient (Wildman–Crippen LogP) is 4.08. The van der Waals surface area contributed by atoms with Crippen molar-refractivity contribution < 1.29 is 8.78 Å². The van der Waals surface area contributed by atoms with Crippen LogP contribution in [0, 0.1) is 11.6 Å². The van der Waals surface area contributed by atoms with Gasteiger partial charge in [0.1, 0.15) is 35.3 Å². The van der Waals surface area contributed by atoms with Gasteiger partial charge < -0.3 is 9.97 Å². The normalized spacial score (nSPS) is 11.4. The summed E-state index contributed by atoms with van der Waals surface area (Å²) in [4.78, 5) is 64.4. The molecule has 8 aromatic heterocycles. The van der Waals surface area contributed by atoms with Gasteiger partial charge in [0.15, 0.2) is 11.3 Å². The topological polar surface area (TPSA) is 189 Å². The van der Waals surface area contributed by atoms with Gasteiger partial charge in [-0.05, 0) is 47.5 Å². The van der Waals surface area contributed by atoms with Crippen LogP contribution in [0.5, 0.6) is 0 Å². The van der Waals surface area contributed by atoms with E-state index in [1.807, 2.05) is 24.3 Å². The third-order valence-corrected chi connectivity index (χ3v) is 8.57. The Kier molecular flexibility index (Phi) is 7.80. The molecular weight excluding hydrogens is 698 g/mol. The average Bonchev–Trinajstić information content (AvgIpc) is 3.95. The van der Waals surface area contributed by atoms with Gasteiger partial charge >= 0.3 is 11.4 Å². The molecule has 0 radical (unpaired) electrons. The van der Waals surface area contributed by atoms with Crippen molar-refractivity contribution in [1.82, 2.24) is 68.1 Å². The summed E-state index contributed by atoms with van der Waals surface area (Å²) in [5, 5.41) is 0. The van der Waals surface area contributed by atoms with Gasteiger partial charge in [0.2, 0.25) is 11.9 Å². The fraction of sp³-hybridized carbons (Fsp3) is 0.0556. The van der Waals surface area contributed by atoms with Gasteiger partial charge in [-0.2, -0.15) is 9.97 Å². The van der Waals surface area contributed by atoms with E-state index in [-0.39, 0.29) is 23.0 Å². The van der Waals surface area contributed by atoms with E-state index in [2.05, 4.69) is 49.8 Å². The molecular formula is C36H24F2N14O2. The van der Waals surface area contributed by atoms with Crippen LogP contribution in [0.2, 0.25) is 0 Å². The van der Waals surface area contributed by atoms with Crippen molar-refractivity contribution in [2.75, 3.05) is 0 Å². The zero-order chi connectivity index (χ0) is 36.8. The lowest BCUT2D eigenvalue weighted by Crippen LogP contribution is -2.18. The molecule has 0 amide bonds. The van der Waals surface area contributed by atoms with Gasteiger partial charge in [-0.15, -0.1) is 0 Å². The molecule has 0 aliphatic rings. The lowest BCUT2D eigenvalue weighted by Gasteiger charge is -2.05. The molecule has 54 heavy (non-hydrogen) atoms. The van der Waals surface area contributed by atoms with Crippen LogP contribution in [-0.4, -0.2) is 68.1 Å². The van der Waals surface area contributed by atoms with Crippen LogP contribution < -0.4 is 11.4 Å². The molecule has 8 heterocycles. The number of hydrogen-bond donors (Lipinski definition) is 2. The van der Waals surface area contributed by atoms with Crippen molar-refractivity contribution >= 4 is 44.4 Å². The number of benzene rings is 2. The van der Waals surface area contributed by atoms with E-state index in [1.54, 1.807) is 52.3 Å². The zero-order valence-corrected chi connectivity index (χ0v) is 27.7. The Morgan fingerprint density at radius 3 is 1.69 bits per heavy atom.